The number of carbonyl (C=O) groups excluding carboxylic acids is 1. The van der Waals surface area contributed by atoms with E-state index in [2.05, 4.69) is 5.32 Å². The molecule has 1 saturated heterocycles. The highest BCUT2D eigenvalue weighted by Crippen LogP contribution is 2.29. The molecule has 0 saturated carbocycles. The first kappa shape index (κ1) is 20.0. The van der Waals surface area contributed by atoms with Gasteiger partial charge >= 0.3 is 5.63 Å². The van der Waals surface area contributed by atoms with Gasteiger partial charge in [-0.25, -0.2) is 4.79 Å². The second-order valence-electron chi connectivity index (χ2n) is 7.10. The highest BCUT2D eigenvalue weighted by molar-refractivity contribution is 5.96. The van der Waals surface area contributed by atoms with Crippen molar-refractivity contribution >= 4 is 16.9 Å². The van der Waals surface area contributed by atoms with Crippen LogP contribution in [0.25, 0.3) is 11.0 Å². The second-order valence-corrected chi connectivity index (χ2v) is 7.10. The predicted octanol–water partition coefficient (Wildman–Crippen LogP) is 3.29. The SMILES string of the molecule is COc1cc(CNC(=O)c2cc3ccccc3oc2=O)ccc1OCC1CCCO1. The Morgan fingerprint density at radius 1 is 1.17 bits per heavy atom. The van der Waals surface area contributed by atoms with Crippen molar-refractivity contribution in [2.24, 2.45) is 0 Å². The predicted molar refractivity (Wildman–Crippen MR) is 111 cm³/mol. The molecule has 30 heavy (non-hydrogen) atoms. The van der Waals surface area contributed by atoms with Crippen molar-refractivity contribution in [3.05, 3.63) is 70.1 Å². The third-order valence-corrected chi connectivity index (χ3v) is 5.02. The van der Waals surface area contributed by atoms with Crippen LogP contribution in [0.4, 0.5) is 0 Å². The van der Waals surface area contributed by atoms with Crippen molar-refractivity contribution in [3.8, 4) is 11.5 Å². The Balaban J connectivity index is 1.42. The number of benzene rings is 2. The van der Waals surface area contributed by atoms with Gasteiger partial charge in [0.15, 0.2) is 11.5 Å². The molecule has 1 amide bonds. The summed E-state index contributed by atoms with van der Waals surface area (Å²) in [5, 5.41) is 3.44. The molecular formula is C23H23NO6. The summed E-state index contributed by atoms with van der Waals surface area (Å²) in [6.07, 6.45) is 2.16. The average molecular weight is 409 g/mol. The first-order valence-electron chi connectivity index (χ1n) is 9.86. The fourth-order valence-corrected chi connectivity index (χ4v) is 3.40. The van der Waals surface area contributed by atoms with E-state index in [-0.39, 0.29) is 18.2 Å². The Hall–Kier alpha value is -3.32. The largest absolute Gasteiger partial charge is 0.493 e. The summed E-state index contributed by atoms with van der Waals surface area (Å²) in [5.41, 5.74) is 0.566. The van der Waals surface area contributed by atoms with E-state index in [4.69, 9.17) is 18.6 Å². The molecule has 2 heterocycles. The smallest absolute Gasteiger partial charge is 0.349 e. The molecule has 2 aromatic carbocycles. The fourth-order valence-electron chi connectivity index (χ4n) is 3.40. The van der Waals surface area contributed by atoms with Crippen LogP contribution < -0.4 is 20.4 Å². The molecule has 7 nitrogen and oxygen atoms in total. The minimum Gasteiger partial charge on any atom is -0.493 e. The van der Waals surface area contributed by atoms with Gasteiger partial charge in [0.05, 0.1) is 13.2 Å². The number of ether oxygens (including phenoxy) is 3. The van der Waals surface area contributed by atoms with E-state index in [1.165, 1.54) is 0 Å². The van der Waals surface area contributed by atoms with E-state index < -0.39 is 11.5 Å². The molecule has 1 unspecified atom stereocenters. The number of amides is 1. The van der Waals surface area contributed by atoms with Gasteiger partial charge in [0.25, 0.3) is 5.91 Å². The maximum atomic E-state index is 12.5. The van der Waals surface area contributed by atoms with Crippen molar-refractivity contribution in [2.45, 2.75) is 25.5 Å². The van der Waals surface area contributed by atoms with Gasteiger partial charge in [0.2, 0.25) is 0 Å². The lowest BCUT2D eigenvalue weighted by molar-refractivity contribution is 0.0669. The van der Waals surface area contributed by atoms with Crippen LogP contribution in [0.1, 0.15) is 28.8 Å². The fraction of sp³-hybridized carbons (Fsp3) is 0.304. The van der Waals surface area contributed by atoms with Crippen LogP contribution in [-0.2, 0) is 11.3 Å². The Labute approximate surface area is 173 Å². The number of para-hydroxylation sites is 1. The second kappa shape index (κ2) is 9.00. The number of methoxy groups -OCH3 is 1. The van der Waals surface area contributed by atoms with Crippen LogP contribution in [0.15, 0.2) is 57.7 Å². The molecule has 7 heteroatoms. The molecule has 0 radical (unpaired) electrons. The zero-order valence-electron chi connectivity index (χ0n) is 16.7. The molecule has 1 N–H and O–H groups in total. The molecule has 156 valence electrons. The maximum absolute atomic E-state index is 12.5. The topological polar surface area (TPSA) is 87.0 Å². The van der Waals surface area contributed by atoms with Gasteiger partial charge in [-0.15, -0.1) is 0 Å². The summed E-state index contributed by atoms with van der Waals surface area (Å²) in [6.45, 7) is 1.48. The lowest BCUT2D eigenvalue weighted by Crippen LogP contribution is -2.27. The number of rotatable bonds is 7. The monoisotopic (exact) mass is 409 g/mol. The van der Waals surface area contributed by atoms with E-state index in [0.717, 1.165) is 25.0 Å². The van der Waals surface area contributed by atoms with Gasteiger partial charge in [-0.05, 0) is 42.7 Å². The zero-order chi connectivity index (χ0) is 20.9. The molecule has 3 aromatic rings. The third kappa shape index (κ3) is 4.46. The summed E-state index contributed by atoms with van der Waals surface area (Å²) in [7, 11) is 1.57. The Bertz CT molecular complexity index is 1100. The standard InChI is InChI=1S/C23H23NO6/c1-27-21-11-15(8-9-20(21)29-14-17-6-4-10-28-17)13-24-22(25)18-12-16-5-2-3-7-19(16)30-23(18)26/h2-3,5,7-9,11-12,17H,4,6,10,13-14H2,1H3,(H,24,25). The van der Waals surface area contributed by atoms with Crippen molar-refractivity contribution in [3.63, 3.8) is 0 Å². The van der Waals surface area contributed by atoms with E-state index in [0.29, 0.717) is 29.1 Å². The van der Waals surface area contributed by atoms with Crippen LogP contribution in [0, 0.1) is 0 Å². The number of nitrogens with one attached hydrogen (secondary N) is 1. The molecular weight excluding hydrogens is 386 g/mol. The average Bonchev–Trinajstić information content (AvgIpc) is 3.29. The van der Waals surface area contributed by atoms with E-state index in [9.17, 15) is 9.59 Å². The summed E-state index contributed by atoms with van der Waals surface area (Å²) in [5.74, 6) is 0.704. The van der Waals surface area contributed by atoms with Gasteiger partial charge < -0.3 is 23.9 Å². The number of fused-ring (bicyclic) bond motifs is 1. The Morgan fingerprint density at radius 2 is 2.03 bits per heavy atom. The number of hydrogen-bond donors (Lipinski definition) is 1. The van der Waals surface area contributed by atoms with Gasteiger partial charge in [-0.3, -0.25) is 4.79 Å². The van der Waals surface area contributed by atoms with Crippen LogP contribution in [0.2, 0.25) is 0 Å². The molecule has 1 atom stereocenters. The van der Waals surface area contributed by atoms with E-state index in [1.54, 1.807) is 43.5 Å². The molecule has 0 bridgehead atoms. The van der Waals surface area contributed by atoms with Crippen molar-refractivity contribution in [1.29, 1.82) is 0 Å². The normalized spacial score (nSPS) is 15.8. The van der Waals surface area contributed by atoms with Crippen LogP contribution >= 0.6 is 0 Å². The van der Waals surface area contributed by atoms with Crippen molar-refractivity contribution in [1.82, 2.24) is 5.32 Å². The molecule has 1 fully saturated rings. The summed E-state index contributed by atoms with van der Waals surface area (Å²) in [4.78, 5) is 24.7. The van der Waals surface area contributed by atoms with Crippen molar-refractivity contribution < 1.29 is 23.4 Å². The lowest BCUT2D eigenvalue weighted by Gasteiger charge is -2.15. The molecule has 1 aliphatic heterocycles. The third-order valence-electron chi connectivity index (χ3n) is 5.02. The van der Waals surface area contributed by atoms with Crippen LogP contribution in [-0.4, -0.2) is 32.3 Å². The van der Waals surface area contributed by atoms with E-state index in [1.807, 2.05) is 12.1 Å². The van der Waals surface area contributed by atoms with Crippen LogP contribution in [0.5, 0.6) is 11.5 Å². The molecule has 0 aliphatic carbocycles. The first-order valence-corrected chi connectivity index (χ1v) is 9.86. The summed E-state index contributed by atoms with van der Waals surface area (Å²) < 4.78 is 22.0. The molecule has 4 rings (SSSR count). The van der Waals surface area contributed by atoms with Gasteiger partial charge in [-0.1, -0.05) is 24.3 Å². The highest BCUT2D eigenvalue weighted by Gasteiger charge is 2.18. The minimum atomic E-state index is -0.665. The number of hydrogen-bond acceptors (Lipinski definition) is 6. The summed E-state index contributed by atoms with van der Waals surface area (Å²) in [6, 6.07) is 14.1. The van der Waals surface area contributed by atoms with E-state index >= 15 is 0 Å². The van der Waals surface area contributed by atoms with Gasteiger partial charge in [0, 0.05) is 18.5 Å². The maximum Gasteiger partial charge on any atom is 0.349 e. The van der Waals surface area contributed by atoms with Gasteiger partial charge in [0.1, 0.15) is 17.8 Å². The van der Waals surface area contributed by atoms with Gasteiger partial charge in [-0.2, -0.15) is 0 Å². The molecule has 1 aliphatic rings. The zero-order valence-corrected chi connectivity index (χ0v) is 16.7. The quantitative estimate of drug-likeness (QED) is 0.603. The molecule has 0 spiro atoms. The Morgan fingerprint density at radius 3 is 2.83 bits per heavy atom. The van der Waals surface area contributed by atoms with Crippen molar-refractivity contribution in [2.75, 3.05) is 20.3 Å². The Kier molecular flexibility index (Phi) is 5.99. The minimum absolute atomic E-state index is 0.0304. The van der Waals surface area contributed by atoms with Crippen LogP contribution in [0.3, 0.4) is 0 Å². The molecule has 1 aromatic heterocycles. The number of carbonyl (C=O) groups is 1. The highest BCUT2D eigenvalue weighted by atomic mass is 16.5. The lowest BCUT2D eigenvalue weighted by atomic mass is 10.1. The first-order chi connectivity index (χ1) is 14.6. The summed E-state index contributed by atoms with van der Waals surface area (Å²) >= 11 is 0.